The van der Waals surface area contributed by atoms with E-state index >= 15 is 0 Å². The van der Waals surface area contributed by atoms with Crippen LogP contribution in [0.2, 0.25) is 0 Å². The maximum atomic E-state index is 12.3. The summed E-state index contributed by atoms with van der Waals surface area (Å²) in [6, 6.07) is 13.9. The van der Waals surface area contributed by atoms with Crippen LogP contribution in [-0.4, -0.2) is 44.5 Å². The second kappa shape index (κ2) is 11.9. The van der Waals surface area contributed by atoms with E-state index in [-0.39, 0.29) is 24.3 Å². The Bertz CT molecular complexity index is 938. The molecule has 0 bridgehead atoms. The Morgan fingerprint density at radius 1 is 0.906 bits per heavy atom. The lowest BCUT2D eigenvalue weighted by atomic mass is 9.95. The van der Waals surface area contributed by atoms with Gasteiger partial charge in [0.15, 0.2) is 0 Å². The van der Waals surface area contributed by atoms with Crippen molar-refractivity contribution in [1.82, 2.24) is 5.32 Å². The van der Waals surface area contributed by atoms with Gasteiger partial charge in [0.2, 0.25) is 11.8 Å². The lowest BCUT2D eigenvalue weighted by molar-refractivity contribution is -0.123. The molecule has 0 saturated carbocycles. The van der Waals surface area contributed by atoms with E-state index in [1.807, 2.05) is 26.8 Å². The van der Waals surface area contributed by atoms with Gasteiger partial charge in [-0.05, 0) is 42.8 Å². The van der Waals surface area contributed by atoms with Crippen LogP contribution in [-0.2, 0) is 14.3 Å². The quantitative estimate of drug-likeness (QED) is 0.423. The van der Waals surface area contributed by atoms with Crippen molar-refractivity contribution in [2.24, 2.45) is 5.41 Å². The van der Waals surface area contributed by atoms with E-state index in [9.17, 15) is 14.4 Å². The molecule has 32 heavy (non-hydrogen) atoms. The highest BCUT2D eigenvalue weighted by atomic mass is 16.5. The fourth-order valence-corrected chi connectivity index (χ4v) is 2.67. The number of carbonyl (C=O) groups is 3. The number of ether oxygens (including phenoxy) is 1. The smallest absolute Gasteiger partial charge is 0.251 e. The molecule has 0 heterocycles. The van der Waals surface area contributed by atoms with Gasteiger partial charge >= 0.3 is 0 Å². The van der Waals surface area contributed by atoms with Crippen molar-refractivity contribution in [2.75, 3.05) is 42.8 Å². The Labute approximate surface area is 189 Å². The summed E-state index contributed by atoms with van der Waals surface area (Å²) in [5.41, 5.74) is 1.86. The Kier molecular flexibility index (Phi) is 9.22. The van der Waals surface area contributed by atoms with Gasteiger partial charge in [-0.3, -0.25) is 14.4 Å². The molecule has 0 aromatic heterocycles. The summed E-state index contributed by atoms with van der Waals surface area (Å²) in [6.45, 7) is 6.65. The summed E-state index contributed by atoms with van der Waals surface area (Å²) >= 11 is 0. The Morgan fingerprint density at radius 3 is 2.25 bits per heavy atom. The van der Waals surface area contributed by atoms with Gasteiger partial charge in [0, 0.05) is 48.3 Å². The number of hydrogen-bond acceptors (Lipinski definition) is 5. The van der Waals surface area contributed by atoms with Gasteiger partial charge in [-0.2, -0.15) is 0 Å². The fraction of sp³-hybridized carbons (Fsp3) is 0.375. The average molecular weight is 441 g/mol. The van der Waals surface area contributed by atoms with Crippen molar-refractivity contribution in [2.45, 2.75) is 27.2 Å². The molecule has 8 heteroatoms. The summed E-state index contributed by atoms with van der Waals surface area (Å²) in [4.78, 5) is 36.7. The summed E-state index contributed by atoms with van der Waals surface area (Å²) in [5.74, 6) is -0.550. The Balaban J connectivity index is 1.87. The van der Waals surface area contributed by atoms with Crippen molar-refractivity contribution >= 4 is 34.8 Å². The minimum Gasteiger partial charge on any atom is -0.385 e. The molecule has 8 nitrogen and oxygen atoms in total. The molecule has 0 unspecified atom stereocenters. The lowest BCUT2D eigenvalue weighted by Crippen LogP contribution is -2.27. The monoisotopic (exact) mass is 440 g/mol. The second-order valence-corrected chi connectivity index (χ2v) is 8.37. The van der Waals surface area contributed by atoms with E-state index in [1.54, 1.807) is 49.6 Å². The van der Waals surface area contributed by atoms with Crippen LogP contribution in [0.4, 0.5) is 17.1 Å². The minimum atomic E-state index is -0.501. The van der Waals surface area contributed by atoms with Crippen LogP contribution in [0.1, 0.15) is 37.6 Å². The topological polar surface area (TPSA) is 109 Å². The number of rotatable bonds is 10. The third kappa shape index (κ3) is 8.39. The highest BCUT2D eigenvalue weighted by molar-refractivity contribution is 5.98. The summed E-state index contributed by atoms with van der Waals surface area (Å²) in [7, 11) is 1.62. The van der Waals surface area contributed by atoms with Gasteiger partial charge in [0.25, 0.3) is 5.91 Å². The molecule has 4 N–H and O–H groups in total. The van der Waals surface area contributed by atoms with E-state index < -0.39 is 5.41 Å². The van der Waals surface area contributed by atoms with Crippen LogP contribution in [0.15, 0.2) is 48.5 Å². The van der Waals surface area contributed by atoms with Gasteiger partial charge in [-0.15, -0.1) is 0 Å². The maximum Gasteiger partial charge on any atom is 0.251 e. The first-order valence-corrected chi connectivity index (χ1v) is 10.5. The molecule has 172 valence electrons. The first kappa shape index (κ1) is 24.9. The predicted octanol–water partition coefficient (Wildman–Crippen LogP) is 3.49. The highest BCUT2D eigenvalue weighted by Gasteiger charge is 2.21. The number of anilines is 3. The van der Waals surface area contributed by atoms with Crippen molar-refractivity contribution in [3.8, 4) is 0 Å². The SMILES string of the molecule is COCCCNC(=O)c1cccc(NC(=O)CNc2cccc(NC(=O)C(C)(C)C)c2)c1. The van der Waals surface area contributed by atoms with Crippen LogP contribution in [0.3, 0.4) is 0 Å². The summed E-state index contributed by atoms with van der Waals surface area (Å²) in [5, 5.41) is 11.5. The molecule has 2 aromatic carbocycles. The summed E-state index contributed by atoms with van der Waals surface area (Å²) in [6.07, 6.45) is 0.728. The molecule has 0 saturated heterocycles. The van der Waals surface area contributed by atoms with Crippen LogP contribution in [0.25, 0.3) is 0 Å². The van der Waals surface area contributed by atoms with E-state index in [1.165, 1.54) is 0 Å². The Morgan fingerprint density at radius 2 is 1.56 bits per heavy atom. The largest absolute Gasteiger partial charge is 0.385 e. The van der Waals surface area contributed by atoms with Gasteiger partial charge in [0.05, 0.1) is 6.54 Å². The fourth-order valence-electron chi connectivity index (χ4n) is 2.67. The second-order valence-electron chi connectivity index (χ2n) is 8.37. The van der Waals surface area contributed by atoms with Crippen LogP contribution in [0, 0.1) is 5.41 Å². The summed E-state index contributed by atoms with van der Waals surface area (Å²) < 4.78 is 4.96. The Hall–Kier alpha value is -3.39. The van der Waals surface area contributed by atoms with Gasteiger partial charge < -0.3 is 26.0 Å². The molecular formula is C24H32N4O4. The molecule has 0 atom stereocenters. The molecule has 0 radical (unpaired) electrons. The molecule has 2 rings (SSSR count). The predicted molar refractivity (Wildman–Crippen MR) is 127 cm³/mol. The van der Waals surface area contributed by atoms with Crippen LogP contribution in [0.5, 0.6) is 0 Å². The highest BCUT2D eigenvalue weighted by Crippen LogP contribution is 2.20. The molecular weight excluding hydrogens is 408 g/mol. The lowest BCUT2D eigenvalue weighted by Gasteiger charge is -2.18. The van der Waals surface area contributed by atoms with Crippen molar-refractivity contribution in [3.05, 3.63) is 54.1 Å². The number of nitrogens with one attached hydrogen (secondary N) is 4. The van der Waals surface area contributed by atoms with Crippen molar-refractivity contribution < 1.29 is 19.1 Å². The zero-order valence-electron chi connectivity index (χ0n) is 19.1. The molecule has 0 spiro atoms. The molecule has 3 amide bonds. The van der Waals surface area contributed by atoms with Crippen LogP contribution >= 0.6 is 0 Å². The van der Waals surface area contributed by atoms with Gasteiger partial charge in [0.1, 0.15) is 0 Å². The maximum absolute atomic E-state index is 12.3. The molecule has 0 aliphatic rings. The van der Waals surface area contributed by atoms with E-state index in [2.05, 4.69) is 21.3 Å². The minimum absolute atomic E-state index is 0.0319. The molecule has 0 aliphatic heterocycles. The van der Waals surface area contributed by atoms with E-state index in [4.69, 9.17) is 4.74 Å². The van der Waals surface area contributed by atoms with Crippen molar-refractivity contribution in [1.29, 1.82) is 0 Å². The first-order chi connectivity index (χ1) is 15.2. The number of carbonyl (C=O) groups excluding carboxylic acids is 3. The third-order valence-electron chi connectivity index (χ3n) is 4.47. The average Bonchev–Trinajstić information content (AvgIpc) is 2.75. The standard InChI is InChI=1S/C24H32N4O4/c1-24(2,3)23(31)28-20-11-6-9-18(15-20)26-16-21(29)27-19-10-5-8-17(14-19)22(30)25-12-7-13-32-4/h5-6,8-11,14-15,26H,7,12-13,16H2,1-4H3,(H,25,30)(H,27,29)(H,28,31). The molecule has 0 aliphatic carbocycles. The third-order valence-corrected chi connectivity index (χ3v) is 4.47. The number of amides is 3. The zero-order chi connectivity index (χ0) is 23.6. The zero-order valence-corrected chi connectivity index (χ0v) is 19.1. The van der Waals surface area contributed by atoms with E-state index in [0.29, 0.717) is 35.8 Å². The normalized spacial score (nSPS) is 10.9. The van der Waals surface area contributed by atoms with Gasteiger partial charge in [-0.25, -0.2) is 0 Å². The molecule has 2 aromatic rings. The number of methoxy groups -OCH3 is 1. The first-order valence-electron chi connectivity index (χ1n) is 10.5. The van der Waals surface area contributed by atoms with Gasteiger partial charge in [-0.1, -0.05) is 32.9 Å². The number of benzene rings is 2. The number of hydrogen-bond donors (Lipinski definition) is 4. The van der Waals surface area contributed by atoms with Crippen molar-refractivity contribution in [3.63, 3.8) is 0 Å². The molecule has 0 fully saturated rings. The van der Waals surface area contributed by atoms with Crippen LogP contribution < -0.4 is 21.3 Å². The van der Waals surface area contributed by atoms with E-state index in [0.717, 1.165) is 6.42 Å².